The number of likely N-dealkylation sites (N-methyl/N-ethyl adjacent to an activating group) is 1. The molecule has 0 aliphatic rings. The highest BCUT2D eigenvalue weighted by atomic mass is 19.1. The number of halogens is 1. The highest BCUT2D eigenvalue weighted by molar-refractivity contribution is 5.80. The van der Waals surface area contributed by atoms with E-state index in [1.165, 1.54) is 12.1 Å². The third-order valence-corrected chi connectivity index (χ3v) is 2.88. The van der Waals surface area contributed by atoms with Crippen molar-refractivity contribution >= 4 is 5.91 Å². The van der Waals surface area contributed by atoms with Crippen LogP contribution in [0.15, 0.2) is 18.2 Å². The lowest BCUT2D eigenvalue weighted by Crippen LogP contribution is -2.40. The minimum atomic E-state index is -0.606. The standard InChI is InChI=1S/C14H20FNO2/c1-5-16(6-2)14(17)11(4)18-13-9-12(15)8-7-10(13)3/h7-9,11H,5-6H2,1-4H3. The van der Waals surface area contributed by atoms with E-state index in [-0.39, 0.29) is 11.7 Å². The molecule has 0 spiro atoms. The number of nitrogens with zero attached hydrogens (tertiary/aromatic N) is 1. The van der Waals surface area contributed by atoms with Gasteiger partial charge in [-0.2, -0.15) is 0 Å². The molecule has 1 aromatic carbocycles. The molecule has 3 nitrogen and oxygen atoms in total. The van der Waals surface area contributed by atoms with E-state index >= 15 is 0 Å². The van der Waals surface area contributed by atoms with Crippen LogP contribution in [0.25, 0.3) is 0 Å². The lowest BCUT2D eigenvalue weighted by atomic mass is 10.2. The predicted octanol–water partition coefficient (Wildman–Crippen LogP) is 2.77. The lowest BCUT2D eigenvalue weighted by molar-refractivity contribution is -0.137. The summed E-state index contributed by atoms with van der Waals surface area (Å²) >= 11 is 0. The van der Waals surface area contributed by atoms with Crippen molar-refractivity contribution in [2.45, 2.75) is 33.8 Å². The van der Waals surface area contributed by atoms with Gasteiger partial charge in [0.15, 0.2) is 6.10 Å². The van der Waals surface area contributed by atoms with E-state index in [9.17, 15) is 9.18 Å². The van der Waals surface area contributed by atoms with Gasteiger partial charge in [0, 0.05) is 19.2 Å². The summed E-state index contributed by atoms with van der Waals surface area (Å²) in [6, 6.07) is 4.32. The Kier molecular flexibility index (Phi) is 5.13. The summed E-state index contributed by atoms with van der Waals surface area (Å²) in [5.41, 5.74) is 0.815. The van der Waals surface area contributed by atoms with Crippen molar-refractivity contribution in [2.75, 3.05) is 13.1 Å². The molecule has 100 valence electrons. The molecule has 1 rings (SSSR count). The Hall–Kier alpha value is -1.58. The average Bonchev–Trinajstić information content (AvgIpc) is 2.35. The van der Waals surface area contributed by atoms with E-state index in [0.717, 1.165) is 5.56 Å². The highest BCUT2D eigenvalue weighted by Gasteiger charge is 2.20. The van der Waals surface area contributed by atoms with E-state index in [4.69, 9.17) is 4.74 Å². The maximum absolute atomic E-state index is 13.1. The van der Waals surface area contributed by atoms with E-state index in [0.29, 0.717) is 18.8 Å². The van der Waals surface area contributed by atoms with E-state index in [1.807, 2.05) is 20.8 Å². The quantitative estimate of drug-likeness (QED) is 0.807. The molecule has 1 aromatic rings. The number of ether oxygens (including phenoxy) is 1. The first-order chi connectivity index (χ1) is 8.49. The monoisotopic (exact) mass is 253 g/mol. The Bertz CT molecular complexity index is 416. The number of hydrogen-bond donors (Lipinski definition) is 0. The van der Waals surface area contributed by atoms with Gasteiger partial charge in [-0.25, -0.2) is 4.39 Å². The van der Waals surface area contributed by atoms with Gasteiger partial charge in [-0.15, -0.1) is 0 Å². The predicted molar refractivity (Wildman–Crippen MR) is 69.2 cm³/mol. The van der Waals surface area contributed by atoms with Gasteiger partial charge in [0.2, 0.25) is 0 Å². The fraction of sp³-hybridized carbons (Fsp3) is 0.500. The third-order valence-electron chi connectivity index (χ3n) is 2.88. The molecule has 0 aromatic heterocycles. The van der Waals surface area contributed by atoms with Crippen LogP contribution in [0.4, 0.5) is 4.39 Å². The van der Waals surface area contributed by atoms with Crippen molar-refractivity contribution in [3.05, 3.63) is 29.6 Å². The second kappa shape index (κ2) is 6.38. The van der Waals surface area contributed by atoms with Crippen LogP contribution >= 0.6 is 0 Å². The molecule has 0 radical (unpaired) electrons. The second-order valence-corrected chi connectivity index (χ2v) is 4.18. The van der Waals surface area contributed by atoms with E-state index in [1.54, 1.807) is 17.9 Å². The first-order valence-electron chi connectivity index (χ1n) is 6.21. The first-order valence-corrected chi connectivity index (χ1v) is 6.21. The number of carbonyl (C=O) groups is 1. The number of aryl methyl sites for hydroxylation is 1. The van der Waals surface area contributed by atoms with Gasteiger partial charge in [-0.1, -0.05) is 6.07 Å². The summed E-state index contributed by atoms with van der Waals surface area (Å²) in [7, 11) is 0. The van der Waals surface area contributed by atoms with Crippen molar-refractivity contribution in [1.29, 1.82) is 0 Å². The lowest BCUT2D eigenvalue weighted by Gasteiger charge is -2.23. The number of carbonyl (C=O) groups excluding carboxylic acids is 1. The SMILES string of the molecule is CCN(CC)C(=O)C(C)Oc1cc(F)ccc1C. The van der Waals surface area contributed by atoms with Crippen LogP contribution in [0.2, 0.25) is 0 Å². The molecule has 0 fully saturated rings. The average molecular weight is 253 g/mol. The van der Waals surface area contributed by atoms with Gasteiger partial charge in [0.1, 0.15) is 11.6 Å². The second-order valence-electron chi connectivity index (χ2n) is 4.18. The number of hydrogen-bond acceptors (Lipinski definition) is 2. The fourth-order valence-electron chi connectivity index (χ4n) is 1.73. The Morgan fingerprint density at radius 2 is 2.00 bits per heavy atom. The molecule has 1 atom stereocenters. The zero-order valence-electron chi connectivity index (χ0n) is 11.4. The summed E-state index contributed by atoms with van der Waals surface area (Å²) in [5, 5.41) is 0. The molecule has 0 aliphatic carbocycles. The molecule has 18 heavy (non-hydrogen) atoms. The zero-order chi connectivity index (χ0) is 13.7. The molecule has 0 heterocycles. The number of rotatable bonds is 5. The van der Waals surface area contributed by atoms with Crippen LogP contribution in [0.1, 0.15) is 26.3 Å². The topological polar surface area (TPSA) is 29.5 Å². The largest absolute Gasteiger partial charge is 0.481 e. The van der Waals surface area contributed by atoms with Crippen LogP contribution < -0.4 is 4.74 Å². The van der Waals surface area contributed by atoms with E-state index in [2.05, 4.69) is 0 Å². The van der Waals surface area contributed by atoms with Gasteiger partial charge in [0.05, 0.1) is 0 Å². The van der Waals surface area contributed by atoms with Crippen LogP contribution in [0.5, 0.6) is 5.75 Å². The Morgan fingerprint density at radius 1 is 1.39 bits per heavy atom. The van der Waals surface area contributed by atoms with Crippen LogP contribution in [0, 0.1) is 12.7 Å². The zero-order valence-corrected chi connectivity index (χ0v) is 11.4. The van der Waals surface area contributed by atoms with Crippen molar-refractivity contribution in [3.63, 3.8) is 0 Å². The summed E-state index contributed by atoms with van der Waals surface area (Å²) in [6.07, 6.45) is -0.606. The Balaban J connectivity index is 2.77. The summed E-state index contributed by atoms with van der Waals surface area (Å²) in [4.78, 5) is 13.7. The molecule has 0 aliphatic heterocycles. The number of benzene rings is 1. The van der Waals surface area contributed by atoms with Gasteiger partial charge in [0.25, 0.3) is 5.91 Å². The van der Waals surface area contributed by atoms with Gasteiger partial charge < -0.3 is 9.64 Å². The van der Waals surface area contributed by atoms with Crippen LogP contribution in [-0.2, 0) is 4.79 Å². The van der Waals surface area contributed by atoms with Crippen molar-refractivity contribution < 1.29 is 13.9 Å². The summed E-state index contributed by atoms with van der Waals surface area (Å²) < 4.78 is 18.7. The molecule has 0 saturated heterocycles. The molecule has 0 saturated carbocycles. The maximum atomic E-state index is 13.1. The molecular weight excluding hydrogens is 233 g/mol. The molecular formula is C14H20FNO2. The van der Waals surface area contributed by atoms with Crippen LogP contribution in [0.3, 0.4) is 0 Å². The highest BCUT2D eigenvalue weighted by Crippen LogP contribution is 2.20. The van der Waals surface area contributed by atoms with Gasteiger partial charge in [-0.3, -0.25) is 4.79 Å². The summed E-state index contributed by atoms with van der Waals surface area (Å²) in [6.45, 7) is 8.63. The number of amides is 1. The van der Waals surface area contributed by atoms with Gasteiger partial charge >= 0.3 is 0 Å². The smallest absolute Gasteiger partial charge is 0.263 e. The molecule has 1 amide bonds. The van der Waals surface area contributed by atoms with E-state index < -0.39 is 6.10 Å². The van der Waals surface area contributed by atoms with Crippen molar-refractivity contribution in [2.24, 2.45) is 0 Å². The summed E-state index contributed by atoms with van der Waals surface area (Å²) in [5.74, 6) is -0.0234. The Labute approximate surface area is 108 Å². The van der Waals surface area contributed by atoms with Gasteiger partial charge in [-0.05, 0) is 39.3 Å². The molecule has 1 unspecified atom stereocenters. The first kappa shape index (κ1) is 14.5. The maximum Gasteiger partial charge on any atom is 0.263 e. The minimum Gasteiger partial charge on any atom is -0.481 e. The fourth-order valence-corrected chi connectivity index (χ4v) is 1.73. The third kappa shape index (κ3) is 3.45. The van der Waals surface area contributed by atoms with Crippen molar-refractivity contribution in [3.8, 4) is 5.75 Å². The Morgan fingerprint density at radius 3 is 2.56 bits per heavy atom. The molecule has 0 bridgehead atoms. The van der Waals surface area contributed by atoms with Crippen LogP contribution in [-0.4, -0.2) is 30.0 Å². The normalized spacial score (nSPS) is 12.1. The minimum absolute atomic E-state index is 0.0799. The molecule has 4 heteroatoms. The van der Waals surface area contributed by atoms with Crippen molar-refractivity contribution in [1.82, 2.24) is 4.90 Å². The molecule has 0 N–H and O–H groups in total.